The number of benzene rings is 2. The fraction of sp³-hybridized carbons (Fsp3) is 0.350. The summed E-state index contributed by atoms with van der Waals surface area (Å²) in [6.45, 7) is 1.42. The number of rotatable bonds is 6. The number of hydrogen-bond donors (Lipinski definition) is 2. The molecule has 1 aliphatic heterocycles. The Morgan fingerprint density at radius 2 is 1.84 bits per heavy atom. The molecule has 2 aromatic carbocycles. The van der Waals surface area contributed by atoms with Crippen LogP contribution >= 0.6 is 0 Å². The molecule has 2 N–H and O–H groups in total. The Bertz CT molecular complexity index is 702. The van der Waals surface area contributed by atoms with Gasteiger partial charge in [-0.3, -0.25) is 4.79 Å². The Labute approximate surface area is 147 Å². The molecular formula is C20H23NO4. The number of fused-ring (bicyclic) bond motifs is 1. The summed E-state index contributed by atoms with van der Waals surface area (Å²) in [5, 5.41) is 12.8. The lowest BCUT2D eigenvalue weighted by atomic mass is 10.1. The van der Waals surface area contributed by atoms with E-state index < -0.39 is 6.10 Å². The lowest BCUT2D eigenvalue weighted by Crippen LogP contribution is -2.32. The van der Waals surface area contributed by atoms with Crippen LogP contribution in [0.3, 0.4) is 0 Å². The maximum Gasteiger partial charge on any atom is 0.251 e. The van der Waals surface area contributed by atoms with Crippen LogP contribution in [0, 0.1) is 0 Å². The predicted molar refractivity (Wildman–Crippen MR) is 95.2 cm³/mol. The monoisotopic (exact) mass is 341 g/mol. The Hall–Kier alpha value is -2.53. The number of ether oxygens (including phenoxy) is 2. The molecule has 0 radical (unpaired) electrons. The molecule has 25 heavy (non-hydrogen) atoms. The highest BCUT2D eigenvalue weighted by Gasteiger charge is 2.15. The van der Waals surface area contributed by atoms with Crippen LogP contribution in [0.4, 0.5) is 0 Å². The van der Waals surface area contributed by atoms with E-state index in [-0.39, 0.29) is 12.5 Å². The normalized spacial score (nSPS) is 14.4. The van der Waals surface area contributed by atoms with Crippen molar-refractivity contribution < 1.29 is 19.4 Å². The van der Waals surface area contributed by atoms with Gasteiger partial charge in [-0.05, 0) is 36.6 Å². The summed E-state index contributed by atoms with van der Waals surface area (Å²) in [7, 11) is 0. The van der Waals surface area contributed by atoms with E-state index in [1.54, 1.807) is 18.2 Å². The first kappa shape index (κ1) is 17.3. The summed E-state index contributed by atoms with van der Waals surface area (Å²) in [5.74, 6) is 1.03. The van der Waals surface area contributed by atoms with Gasteiger partial charge in [0, 0.05) is 18.5 Å². The molecule has 1 heterocycles. The smallest absolute Gasteiger partial charge is 0.251 e. The highest BCUT2D eigenvalue weighted by molar-refractivity contribution is 5.94. The van der Waals surface area contributed by atoms with E-state index in [1.807, 2.05) is 30.3 Å². The zero-order valence-electron chi connectivity index (χ0n) is 14.1. The Kier molecular flexibility index (Phi) is 5.90. The zero-order valence-corrected chi connectivity index (χ0v) is 14.1. The number of amides is 1. The van der Waals surface area contributed by atoms with Gasteiger partial charge in [-0.2, -0.15) is 0 Å². The van der Waals surface area contributed by atoms with Gasteiger partial charge in [0.15, 0.2) is 11.5 Å². The van der Waals surface area contributed by atoms with Crippen LogP contribution in [0.15, 0.2) is 48.5 Å². The molecule has 0 aromatic heterocycles. The average molecular weight is 341 g/mol. The van der Waals surface area contributed by atoms with Gasteiger partial charge in [0.2, 0.25) is 0 Å². The minimum Gasteiger partial charge on any atom is -0.490 e. The quantitative estimate of drug-likeness (QED) is 0.847. The number of hydrogen-bond acceptors (Lipinski definition) is 4. The molecule has 1 amide bonds. The number of carbonyl (C=O) groups excluding carboxylic acids is 1. The third-order valence-electron chi connectivity index (χ3n) is 4.12. The number of nitrogens with one attached hydrogen (secondary N) is 1. The van der Waals surface area contributed by atoms with E-state index >= 15 is 0 Å². The van der Waals surface area contributed by atoms with Crippen LogP contribution in [-0.4, -0.2) is 36.9 Å². The first-order valence-electron chi connectivity index (χ1n) is 8.62. The van der Waals surface area contributed by atoms with Crippen molar-refractivity contribution in [2.45, 2.75) is 25.4 Å². The molecule has 0 saturated carbocycles. The molecule has 0 unspecified atom stereocenters. The predicted octanol–water partition coefficient (Wildman–Crippen LogP) is 2.57. The first-order chi connectivity index (χ1) is 12.2. The Balaban J connectivity index is 1.49. The summed E-state index contributed by atoms with van der Waals surface area (Å²) in [4.78, 5) is 12.3. The lowest BCUT2D eigenvalue weighted by molar-refractivity contribution is 0.0910. The number of aliphatic hydroxyl groups excluding tert-OH is 1. The topological polar surface area (TPSA) is 67.8 Å². The fourth-order valence-corrected chi connectivity index (χ4v) is 2.70. The average Bonchev–Trinajstić information content (AvgIpc) is 2.90. The van der Waals surface area contributed by atoms with E-state index in [9.17, 15) is 9.90 Å². The Morgan fingerprint density at radius 1 is 1.08 bits per heavy atom. The number of aliphatic hydroxyl groups is 1. The highest BCUT2D eigenvalue weighted by Crippen LogP contribution is 2.30. The molecule has 2 aromatic rings. The van der Waals surface area contributed by atoms with Gasteiger partial charge in [-0.15, -0.1) is 0 Å². The number of carbonyl (C=O) groups is 1. The van der Waals surface area contributed by atoms with Crippen LogP contribution in [-0.2, 0) is 6.42 Å². The van der Waals surface area contributed by atoms with Crippen LogP contribution in [0.5, 0.6) is 11.5 Å². The molecule has 0 spiro atoms. The van der Waals surface area contributed by atoms with Crippen LogP contribution in [0.2, 0.25) is 0 Å². The molecule has 0 aliphatic carbocycles. The van der Waals surface area contributed by atoms with E-state index in [2.05, 4.69) is 5.32 Å². The fourth-order valence-electron chi connectivity index (χ4n) is 2.70. The summed E-state index contributed by atoms with van der Waals surface area (Å²) < 4.78 is 11.2. The Morgan fingerprint density at radius 3 is 2.64 bits per heavy atom. The van der Waals surface area contributed by atoms with Crippen LogP contribution in [0.25, 0.3) is 0 Å². The first-order valence-corrected chi connectivity index (χ1v) is 8.62. The van der Waals surface area contributed by atoms with Crippen molar-refractivity contribution in [3.8, 4) is 11.5 Å². The van der Waals surface area contributed by atoms with Gasteiger partial charge in [0.05, 0.1) is 19.3 Å². The number of aryl methyl sites for hydroxylation is 1. The molecule has 1 aliphatic rings. The standard InChI is InChI=1S/C20H23NO4/c22-17(9-7-15-5-2-1-3-6-15)14-21-20(23)16-8-10-18-19(13-16)25-12-4-11-24-18/h1-3,5-6,8,10,13,17,22H,4,7,9,11-12,14H2,(H,21,23)/t17-/m1/s1. The summed E-state index contributed by atoms with van der Waals surface area (Å²) in [6.07, 6.45) is 1.63. The molecule has 0 saturated heterocycles. The summed E-state index contributed by atoms with van der Waals surface area (Å²) in [5.41, 5.74) is 1.68. The van der Waals surface area contributed by atoms with Crippen molar-refractivity contribution in [1.82, 2.24) is 5.32 Å². The molecule has 5 heteroatoms. The van der Waals surface area contributed by atoms with E-state index in [1.165, 1.54) is 5.56 Å². The van der Waals surface area contributed by atoms with Gasteiger partial charge < -0.3 is 19.9 Å². The van der Waals surface area contributed by atoms with Crippen LogP contribution < -0.4 is 14.8 Å². The van der Waals surface area contributed by atoms with Crippen molar-refractivity contribution in [2.75, 3.05) is 19.8 Å². The van der Waals surface area contributed by atoms with E-state index in [0.29, 0.717) is 36.7 Å². The van der Waals surface area contributed by atoms with Crippen molar-refractivity contribution >= 4 is 5.91 Å². The van der Waals surface area contributed by atoms with Gasteiger partial charge in [0.1, 0.15) is 0 Å². The molecular weight excluding hydrogens is 318 g/mol. The van der Waals surface area contributed by atoms with Gasteiger partial charge in [-0.25, -0.2) is 0 Å². The van der Waals surface area contributed by atoms with Gasteiger partial charge >= 0.3 is 0 Å². The van der Waals surface area contributed by atoms with E-state index in [4.69, 9.17) is 9.47 Å². The van der Waals surface area contributed by atoms with Crippen LogP contribution in [0.1, 0.15) is 28.8 Å². The lowest BCUT2D eigenvalue weighted by Gasteiger charge is -2.13. The SMILES string of the molecule is O=C(NC[C@H](O)CCc1ccccc1)c1ccc2c(c1)OCCCO2. The van der Waals surface area contributed by atoms with Gasteiger partial charge in [-0.1, -0.05) is 30.3 Å². The minimum absolute atomic E-state index is 0.222. The maximum atomic E-state index is 12.3. The van der Waals surface area contributed by atoms with Gasteiger partial charge in [0.25, 0.3) is 5.91 Å². The zero-order chi connectivity index (χ0) is 17.5. The van der Waals surface area contributed by atoms with Crippen molar-refractivity contribution in [2.24, 2.45) is 0 Å². The second-order valence-electron chi connectivity index (χ2n) is 6.10. The summed E-state index contributed by atoms with van der Waals surface area (Å²) in [6, 6.07) is 15.1. The molecule has 132 valence electrons. The molecule has 5 nitrogen and oxygen atoms in total. The molecule has 0 bridgehead atoms. The summed E-state index contributed by atoms with van der Waals surface area (Å²) >= 11 is 0. The second kappa shape index (κ2) is 8.53. The molecule has 3 rings (SSSR count). The minimum atomic E-state index is -0.579. The third kappa shape index (κ3) is 4.97. The largest absolute Gasteiger partial charge is 0.490 e. The van der Waals surface area contributed by atoms with Crippen molar-refractivity contribution in [1.29, 1.82) is 0 Å². The van der Waals surface area contributed by atoms with Crippen molar-refractivity contribution in [3.05, 3.63) is 59.7 Å². The van der Waals surface area contributed by atoms with Crippen molar-refractivity contribution in [3.63, 3.8) is 0 Å². The second-order valence-corrected chi connectivity index (χ2v) is 6.10. The maximum absolute atomic E-state index is 12.3. The third-order valence-corrected chi connectivity index (χ3v) is 4.12. The molecule has 0 fully saturated rings. The highest BCUT2D eigenvalue weighted by atomic mass is 16.5. The van der Waals surface area contributed by atoms with E-state index in [0.717, 1.165) is 12.8 Å². The molecule has 1 atom stereocenters.